The third-order valence-corrected chi connectivity index (χ3v) is 1.94. The number of aliphatic imine (C=N–C) groups is 1. The summed E-state index contributed by atoms with van der Waals surface area (Å²) < 4.78 is 5.26. The highest BCUT2D eigenvalue weighted by atomic mass is 16.3. The van der Waals surface area contributed by atoms with Gasteiger partial charge >= 0.3 is 0 Å². The van der Waals surface area contributed by atoms with Crippen LogP contribution < -0.4 is 0 Å². The number of furan rings is 1. The number of nitrogens with zero attached hydrogens (tertiary/aromatic N) is 1. The number of hydrogen-bond acceptors (Lipinski definition) is 3. The summed E-state index contributed by atoms with van der Waals surface area (Å²) in [6.07, 6.45) is 2.96. The Labute approximate surface area is 74.7 Å². The minimum Gasteiger partial charge on any atom is -0.462 e. The minimum atomic E-state index is 0.536. The fraction of sp³-hybridized carbons (Fsp3) is 0.100. The maximum Gasteiger partial charge on any atom is 0.240 e. The summed E-state index contributed by atoms with van der Waals surface area (Å²) in [7, 11) is 0. The third-order valence-electron chi connectivity index (χ3n) is 1.94. The molecule has 0 aliphatic heterocycles. The largest absolute Gasteiger partial charge is 0.462 e. The SMILES string of the molecule is Cc1cccc2c(N=C=O)coc12. The molecular formula is C10H7NO2. The molecule has 3 heteroatoms. The zero-order chi connectivity index (χ0) is 9.26. The molecular weight excluding hydrogens is 166 g/mol. The Hall–Kier alpha value is -1.86. The molecule has 0 atom stereocenters. The number of aryl methyl sites for hydroxylation is 1. The Morgan fingerprint density at radius 3 is 3.08 bits per heavy atom. The highest BCUT2D eigenvalue weighted by Crippen LogP contribution is 2.29. The van der Waals surface area contributed by atoms with Gasteiger partial charge in [0.1, 0.15) is 17.5 Å². The summed E-state index contributed by atoms with van der Waals surface area (Å²) in [5.74, 6) is 0. The highest BCUT2D eigenvalue weighted by Gasteiger charge is 2.05. The van der Waals surface area contributed by atoms with Gasteiger partial charge in [-0.05, 0) is 18.6 Å². The molecule has 3 nitrogen and oxygen atoms in total. The van der Waals surface area contributed by atoms with E-state index in [1.165, 1.54) is 12.3 Å². The molecule has 2 aromatic rings. The normalized spacial score (nSPS) is 9.92. The summed E-state index contributed by atoms with van der Waals surface area (Å²) in [5.41, 5.74) is 2.34. The number of fused-ring (bicyclic) bond motifs is 1. The Morgan fingerprint density at radius 2 is 2.31 bits per heavy atom. The van der Waals surface area contributed by atoms with E-state index in [1.807, 2.05) is 25.1 Å². The van der Waals surface area contributed by atoms with Crippen LogP contribution in [0.15, 0.2) is 33.9 Å². The van der Waals surface area contributed by atoms with E-state index in [-0.39, 0.29) is 0 Å². The molecule has 0 saturated heterocycles. The Morgan fingerprint density at radius 1 is 1.46 bits per heavy atom. The van der Waals surface area contributed by atoms with Gasteiger partial charge in [0.05, 0.1) is 0 Å². The standard InChI is InChI=1S/C10H7NO2/c1-7-3-2-4-8-9(11-6-12)5-13-10(7)8/h2-5H,1H3. The average Bonchev–Trinajstić information content (AvgIpc) is 2.51. The summed E-state index contributed by atoms with van der Waals surface area (Å²) in [5, 5.41) is 0.850. The van der Waals surface area contributed by atoms with Crippen molar-refractivity contribution in [2.45, 2.75) is 6.92 Å². The van der Waals surface area contributed by atoms with Crippen LogP contribution in [-0.2, 0) is 4.79 Å². The van der Waals surface area contributed by atoms with Crippen molar-refractivity contribution >= 4 is 22.7 Å². The molecule has 0 N–H and O–H groups in total. The molecule has 1 heterocycles. The van der Waals surface area contributed by atoms with Crippen molar-refractivity contribution in [3.05, 3.63) is 30.0 Å². The maximum absolute atomic E-state index is 10.1. The molecule has 0 saturated carbocycles. The van der Waals surface area contributed by atoms with Crippen LogP contribution >= 0.6 is 0 Å². The average molecular weight is 173 g/mol. The monoisotopic (exact) mass is 173 g/mol. The van der Waals surface area contributed by atoms with Gasteiger partial charge in [-0.2, -0.15) is 4.99 Å². The van der Waals surface area contributed by atoms with Crippen molar-refractivity contribution in [2.75, 3.05) is 0 Å². The lowest BCUT2D eigenvalue weighted by molar-refractivity contribution is 0.565. The van der Waals surface area contributed by atoms with E-state index < -0.39 is 0 Å². The predicted octanol–water partition coefficient (Wildman–Crippen LogP) is 2.71. The summed E-state index contributed by atoms with van der Waals surface area (Å²) in [6.45, 7) is 1.94. The van der Waals surface area contributed by atoms with Crippen molar-refractivity contribution in [1.82, 2.24) is 0 Å². The van der Waals surface area contributed by atoms with Crippen LogP contribution in [0.5, 0.6) is 0 Å². The maximum atomic E-state index is 10.1. The van der Waals surface area contributed by atoms with Crippen molar-refractivity contribution in [2.24, 2.45) is 4.99 Å². The molecule has 0 fully saturated rings. The van der Waals surface area contributed by atoms with Gasteiger partial charge in [0.15, 0.2) is 0 Å². The lowest BCUT2D eigenvalue weighted by Crippen LogP contribution is -1.70. The molecule has 0 amide bonds. The van der Waals surface area contributed by atoms with E-state index >= 15 is 0 Å². The first kappa shape index (κ1) is 7.77. The molecule has 0 radical (unpaired) electrons. The van der Waals surface area contributed by atoms with Gasteiger partial charge in [-0.1, -0.05) is 12.1 Å². The van der Waals surface area contributed by atoms with Crippen LogP contribution in [-0.4, -0.2) is 6.08 Å². The van der Waals surface area contributed by atoms with Gasteiger partial charge in [0, 0.05) is 5.39 Å². The van der Waals surface area contributed by atoms with Crippen LogP contribution in [0.2, 0.25) is 0 Å². The number of benzene rings is 1. The first-order chi connectivity index (χ1) is 6.33. The first-order valence-electron chi connectivity index (χ1n) is 3.87. The first-order valence-corrected chi connectivity index (χ1v) is 3.87. The minimum absolute atomic E-state index is 0.536. The smallest absolute Gasteiger partial charge is 0.240 e. The molecule has 64 valence electrons. The van der Waals surface area contributed by atoms with E-state index in [4.69, 9.17) is 4.42 Å². The molecule has 0 aliphatic carbocycles. The van der Waals surface area contributed by atoms with E-state index in [2.05, 4.69) is 4.99 Å². The van der Waals surface area contributed by atoms with Crippen molar-refractivity contribution in [3.8, 4) is 0 Å². The lowest BCUT2D eigenvalue weighted by Gasteiger charge is -1.91. The lowest BCUT2D eigenvalue weighted by atomic mass is 10.2. The summed E-state index contributed by atoms with van der Waals surface area (Å²) in [4.78, 5) is 13.6. The number of para-hydroxylation sites is 1. The van der Waals surface area contributed by atoms with Crippen molar-refractivity contribution in [3.63, 3.8) is 0 Å². The molecule has 0 spiro atoms. The topological polar surface area (TPSA) is 42.6 Å². The number of carbonyl (C=O) groups excluding carboxylic acids is 1. The third kappa shape index (κ3) is 1.15. The Kier molecular flexibility index (Phi) is 1.72. The van der Waals surface area contributed by atoms with Crippen LogP contribution in [0.3, 0.4) is 0 Å². The van der Waals surface area contributed by atoms with Crippen LogP contribution in [0, 0.1) is 6.92 Å². The van der Waals surface area contributed by atoms with E-state index in [9.17, 15) is 4.79 Å². The van der Waals surface area contributed by atoms with Crippen LogP contribution in [0.4, 0.5) is 5.69 Å². The summed E-state index contributed by atoms with van der Waals surface area (Å²) in [6, 6.07) is 5.71. The van der Waals surface area contributed by atoms with E-state index in [0.29, 0.717) is 5.69 Å². The fourth-order valence-corrected chi connectivity index (χ4v) is 1.32. The highest BCUT2D eigenvalue weighted by molar-refractivity contribution is 5.91. The second-order valence-corrected chi connectivity index (χ2v) is 2.78. The van der Waals surface area contributed by atoms with Gasteiger partial charge in [0.25, 0.3) is 0 Å². The zero-order valence-electron chi connectivity index (χ0n) is 7.07. The number of rotatable bonds is 1. The quantitative estimate of drug-likeness (QED) is 0.491. The molecule has 0 bridgehead atoms. The van der Waals surface area contributed by atoms with Gasteiger partial charge in [-0.25, -0.2) is 4.79 Å². The molecule has 13 heavy (non-hydrogen) atoms. The predicted molar refractivity (Wildman–Crippen MR) is 48.7 cm³/mol. The van der Waals surface area contributed by atoms with Gasteiger partial charge in [-0.3, -0.25) is 0 Å². The van der Waals surface area contributed by atoms with Gasteiger partial charge in [0.2, 0.25) is 6.08 Å². The van der Waals surface area contributed by atoms with Gasteiger partial charge in [-0.15, -0.1) is 0 Å². The molecule has 0 aliphatic rings. The Bertz CT molecular complexity index is 493. The second kappa shape index (κ2) is 2.88. The Balaban J connectivity index is 2.82. The van der Waals surface area contributed by atoms with Crippen LogP contribution in [0.1, 0.15) is 5.56 Å². The number of isocyanates is 1. The van der Waals surface area contributed by atoms with E-state index in [1.54, 1.807) is 0 Å². The van der Waals surface area contributed by atoms with E-state index in [0.717, 1.165) is 16.5 Å². The second-order valence-electron chi connectivity index (χ2n) is 2.78. The van der Waals surface area contributed by atoms with Gasteiger partial charge < -0.3 is 4.42 Å². The molecule has 2 rings (SSSR count). The number of hydrogen-bond donors (Lipinski definition) is 0. The van der Waals surface area contributed by atoms with Crippen LogP contribution in [0.25, 0.3) is 11.0 Å². The van der Waals surface area contributed by atoms with Crippen molar-refractivity contribution < 1.29 is 9.21 Å². The molecule has 1 aromatic heterocycles. The van der Waals surface area contributed by atoms with Crippen molar-refractivity contribution in [1.29, 1.82) is 0 Å². The summed E-state index contributed by atoms with van der Waals surface area (Å²) >= 11 is 0. The zero-order valence-corrected chi connectivity index (χ0v) is 7.07. The molecule has 0 unspecified atom stereocenters. The fourth-order valence-electron chi connectivity index (χ4n) is 1.32. The molecule has 1 aromatic carbocycles.